The predicted molar refractivity (Wildman–Crippen MR) is 279 cm³/mol. The number of nitrogens with one attached hydrogen (secondary N) is 2. The van der Waals surface area contributed by atoms with Crippen LogP contribution in [0.25, 0.3) is 22.3 Å². The van der Waals surface area contributed by atoms with Gasteiger partial charge >= 0.3 is 0 Å². The average molecular weight is 993 g/mol. The lowest BCUT2D eigenvalue weighted by atomic mass is 9.73. The third kappa shape index (κ3) is 8.87. The second kappa shape index (κ2) is 19.4. The van der Waals surface area contributed by atoms with Gasteiger partial charge in [-0.3, -0.25) is 29.3 Å². The first-order chi connectivity index (χ1) is 35.5. The van der Waals surface area contributed by atoms with Gasteiger partial charge in [0.25, 0.3) is 0 Å². The number of amides is 5. The smallest absolute Gasteiger partial charge is 0.238 e. The number of ether oxygens (including phenoxy) is 1. The summed E-state index contributed by atoms with van der Waals surface area (Å²) >= 11 is 0. The van der Waals surface area contributed by atoms with E-state index in [4.69, 9.17) is 14.7 Å². The van der Waals surface area contributed by atoms with Crippen molar-refractivity contribution in [2.45, 2.75) is 145 Å². The van der Waals surface area contributed by atoms with Crippen molar-refractivity contribution >= 4 is 57.8 Å². The van der Waals surface area contributed by atoms with E-state index in [0.29, 0.717) is 70.4 Å². The Morgan fingerprint density at radius 3 is 2.26 bits per heavy atom. The Balaban J connectivity index is 0.712. The number of hydrogen-bond donors (Lipinski definition) is 2. The summed E-state index contributed by atoms with van der Waals surface area (Å²) in [5.41, 5.74) is 7.09. The van der Waals surface area contributed by atoms with Crippen LogP contribution in [0.3, 0.4) is 0 Å². The van der Waals surface area contributed by atoms with E-state index in [2.05, 4.69) is 68.0 Å². The summed E-state index contributed by atoms with van der Waals surface area (Å²) in [6.45, 7) is 9.99. The van der Waals surface area contributed by atoms with Gasteiger partial charge in [-0.1, -0.05) is 30.7 Å². The fourth-order valence-electron chi connectivity index (χ4n) is 13.6. The fraction of sp³-hybridized carbons (Fsp3) is 0.596. The highest BCUT2D eigenvalue weighted by molar-refractivity contribution is 6.09. The number of likely N-dealkylation sites (tertiary alicyclic amines) is 3. The van der Waals surface area contributed by atoms with Gasteiger partial charge in [0.1, 0.15) is 5.52 Å². The minimum atomic E-state index is -0.710. The van der Waals surface area contributed by atoms with E-state index in [1.807, 2.05) is 40.4 Å². The van der Waals surface area contributed by atoms with Gasteiger partial charge < -0.3 is 39.1 Å². The molecule has 0 bridgehead atoms. The van der Waals surface area contributed by atoms with Crippen molar-refractivity contribution in [2.24, 2.45) is 11.8 Å². The number of fused-ring (bicyclic) bond motifs is 3. The van der Waals surface area contributed by atoms with Gasteiger partial charge in [0.2, 0.25) is 29.5 Å². The van der Waals surface area contributed by atoms with Crippen molar-refractivity contribution in [2.75, 3.05) is 74.6 Å². The summed E-state index contributed by atoms with van der Waals surface area (Å²) in [5.74, 6) is 0.0103. The van der Waals surface area contributed by atoms with Crippen LogP contribution >= 0.6 is 0 Å². The number of nitrogens with zero attached hydrogens (tertiary/aromatic N) is 8. The van der Waals surface area contributed by atoms with Crippen molar-refractivity contribution in [3.8, 4) is 11.3 Å². The number of methoxy groups -OCH3 is 1. The molecule has 8 heterocycles. The van der Waals surface area contributed by atoms with Gasteiger partial charge in [-0.2, -0.15) is 0 Å². The molecular weight excluding hydrogens is 921 g/mol. The number of carbonyl (C=O) groups excluding carboxylic acids is 5. The molecule has 12 rings (SSSR count). The van der Waals surface area contributed by atoms with Gasteiger partial charge in [-0.25, -0.2) is 9.97 Å². The number of carbonyl (C=O) groups is 5. The fourth-order valence-corrected chi connectivity index (χ4v) is 13.6. The van der Waals surface area contributed by atoms with Gasteiger partial charge in [0.05, 0.1) is 40.9 Å². The number of imidazole rings is 1. The van der Waals surface area contributed by atoms with E-state index < -0.39 is 11.5 Å². The quantitative estimate of drug-likeness (QED) is 0.152. The van der Waals surface area contributed by atoms with Crippen LogP contribution in [0.5, 0.6) is 0 Å². The number of pyridine rings is 1. The van der Waals surface area contributed by atoms with Gasteiger partial charge in [-0.15, -0.1) is 0 Å². The predicted octanol–water partition coefficient (Wildman–Crippen LogP) is 6.78. The SMILES string of the molecule is COC1CN(C(=O)C2CCN(c3ccc(C4CCC(=O)NC4=O)cc3)CC2)CCC1C(=O)N1CCC2(CC1)C(=O)N(C1CC(N3CCCCC3)C1)c1cc(-c3cc4ncn(C(C)C)c4c(NC4CC4)n3)ccc12. The van der Waals surface area contributed by atoms with E-state index in [9.17, 15) is 19.2 Å². The molecule has 4 aromatic rings. The van der Waals surface area contributed by atoms with Crippen LogP contribution in [0.2, 0.25) is 0 Å². The van der Waals surface area contributed by atoms with Crippen LogP contribution in [-0.4, -0.2) is 142 Å². The molecule has 386 valence electrons. The maximum absolute atomic E-state index is 15.3. The number of imide groups is 1. The number of anilines is 3. The van der Waals surface area contributed by atoms with Gasteiger partial charge in [-0.05, 0) is 139 Å². The lowest BCUT2D eigenvalue weighted by Crippen LogP contribution is -2.59. The summed E-state index contributed by atoms with van der Waals surface area (Å²) in [4.78, 5) is 89.1. The van der Waals surface area contributed by atoms with Crippen molar-refractivity contribution in [3.05, 3.63) is 66.0 Å². The summed E-state index contributed by atoms with van der Waals surface area (Å²) in [6.07, 6.45) is 13.5. The van der Waals surface area contributed by atoms with E-state index in [1.54, 1.807) is 7.11 Å². The highest BCUT2D eigenvalue weighted by Gasteiger charge is 2.56. The van der Waals surface area contributed by atoms with Crippen molar-refractivity contribution in [1.29, 1.82) is 0 Å². The van der Waals surface area contributed by atoms with Crippen molar-refractivity contribution in [3.63, 3.8) is 0 Å². The van der Waals surface area contributed by atoms with Crippen LogP contribution in [0, 0.1) is 11.8 Å². The molecule has 5 saturated heterocycles. The Morgan fingerprint density at radius 1 is 0.808 bits per heavy atom. The molecule has 8 aliphatic rings. The average Bonchev–Trinajstić information content (AvgIpc) is 4.07. The maximum atomic E-state index is 15.3. The Hall–Kier alpha value is -5.87. The van der Waals surface area contributed by atoms with Gasteiger partial charge in [0.15, 0.2) is 5.82 Å². The number of rotatable bonds is 11. The van der Waals surface area contributed by atoms with Crippen LogP contribution in [0.1, 0.15) is 127 Å². The number of piperidine rings is 5. The van der Waals surface area contributed by atoms with Crippen LogP contribution in [0.4, 0.5) is 17.2 Å². The first-order valence-corrected chi connectivity index (χ1v) is 27.6. The lowest BCUT2D eigenvalue weighted by Gasteiger charge is -2.48. The Labute approximate surface area is 428 Å². The monoisotopic (exact) mass is 993 g/mol. The van der Waals surface area contributed by atoms with Crippen LogP contribution in [-0.2, 0) is 34.1 Å². The molecule has 6 aliphatic heterocycles. The number of hydrogen-bond acceptors (Lipinski definition) is 11. The van der Waals surface area contributed by atoms with Crippen molar-refractivity contribution in [1.82, 2.24) is 34.6 Å². The third-order valence-corrected chi connectivity index (χ3v) is 18.2. The Bertz CT molecular complexity index is 2780. The Morgan fingerprint density at radius 2 is 1.56 bits per heavy atom. The molecule has 16 nitrogen and oxygen atoms in total. The highest BCUT2D eigenvalue weighted by Crippen LogP contribution is 2.52. The molecule has 73 heavy (non-hydrogen) atoms. The molecular formula is C57H72N10O6. The summed E-state index contributed by atoms with van der Waals surface area (Å²) in [7, 11) is 1.65. The zero-order valence-corrected chi connectivity index (χ0v) is 42.9. The van der Waals surface area contributed by atoms with Gasteiger partial charge in [0, 0.05) is 99.8 Å². The summed E-state index contributed by atoms with van der Waals surface area (Å²) in [6, 6.07) is 18.0. The molecule has 3 atom stereocenters. The van der Waals surface area contributed by atoms with Crippen molar-refractivity contribution < 1.29 is 28.7 Å². The molecule has 2 aliphatic carbocycles. The molecule has 2 saturated carbocycles. The highest BCUT2D eigenvalue weighted by atomic mass is 16.5. The zero-order valence-electron chi connectivity index (χ0n) is 42.9. The first-order valence-electron chi connectivity index (χ1n) is 27.6. The molecule has 2 aromatic carbocycles. The largest absolute Gasteiger partial charge is 0.379 e. The molecule has 7 fully saturated rings. The zero-order chi connectivity index (χ0) is 50.1. The topological polar surface area (TPSA) is 166 Å². The van der Waals surface area contributed by atoms with Crippen LogP contribution < -0.4 is 20.4 Å². The molecule has 1 spiro atoms. The second-order valence-electron chi connectivity index (χ2n) is 22.9. The normalized spacial score (nSPS) is 26.9. The summed E-state index contributed by atoms with van der Waals surface area (Å²) < 4.78 is 8.23. The molecule has 16 heteroatoms. The maximum Gasteiger partial charge on any atom is 0.238 e. The molecule has 2 aromatic heterocycles. The van der Waals surface area contributed by atoms with E-state index >= 15 is 4.79 Å². The molecule has 3 unspecified atom stereocenters. The minimum absolute atomic E-state index is 0.0592. The van der Waals surface area contributed by atoms with E-state index in [0.717, 1.165) is 115 Å². The standard InChI is InChI=1S/C57H72N10O6/c1-35(2)66-34-58-47-32-46(60-52(51(47)66)59-39-10-11-39)38-9-15-45-48(29-38)67(42-30-41(31-42)62-22-5-4-6-23-62)56(72)57(45)20-27-64(28-21-57)55(71)44-19-26-65(33-49(44)73-3)54(70)37-17-24-63(25-18-37)40-12-7-36(8-13-40)43-14-16-50(68)61-53(43)69/h7-9,12-13,15,29,32,34-35,37,39,41-44,49H,4-6,10-11,14,16-28,30-31,33H2,1-3H3,(H,59,60)(H,61,68,69). The van der Waals surface area contributed by atoms with E-state index in [1.165, 1.54) is 19.3 Å². The molecule has 5 amide bonds. The number of benzene rings is 2. The summed E-state index contributed by atoms with van der Waals surface area (Å²) in [5, 5.41) is 6.16. The molecule has 0 radical (unpaired) electrons. The van der Waals surface area contributed by atoms with Crippen LogP contribution in [0.15, 0.2) is 54.9 Å². The Kier molecular flexibility index (Phi) is 12.8. The first kappa shape index (κ1) is 48.1. The lowest BCUT2D eigenvalue weighted by molar-refractivity contribution is -0.152. The number of aromatic nitrogens is 3. The minimum Gasteiger partial charge on any atom is -0.379 e. The van der Waals surface area contributed by atoms with E-state index in [-0.39, 0.29) is 59.4 Å². The second-order valence-corrected chi connectivity index (χ2v) is 22.9. The molecule has 2 N–H and O–H groups in total. The third-order valence-electron chi connectivity index (χ3n) is 18.2.